The van der Waals surface area contributed by atoms with E-state index in [1.807, 2.05) is 0 Å². The zero-order chi connectivity index (χ0) is 19.1. The van der Waals surface area contributed by atoms with Crippen molar-refractivity contribution < 1.29 is 20.8 Å². The summed E-state index contributed by atoms with van der Waals surface area (Å²) in [6.07, 6.45) is 30.9. The van der Waals surface area contributed by atoms with Crippen molar-refractivity contribution >= 4 is 17.0 Å². The summed E-state index contributed by atoms with van der Waals surface area (Å²) in [5.74, 6) is 5.97. The Kier molecular flexibility index (Phi) is 16.0. The molecule has 4 aliphatic carbocycles. The van der Waals surface area contributed by atoms with Crippen LogP contribution in [0.3, 0.4) is 0 Å². The predicted molar refractivity (Wildman–Crippen MR) is 135 cm³/mol. The first-order valence-electron chi connectivity index (χ1n) is 10.6. The van der Waals surface area contributed by atoms with Crippen molar-refractivity contribution in [3.63, 3.8) is 0 Å². The van der Waals surface area contributed by atoms with Crippen molar-refractivity contribution in [2.45, 2.75) is 52.4 Å². The fraction of sp³-hybridized carbons (Fsp3) is 0.556. The molecule has 4 aliphatic rings. The van der Waals surface area contributed by atoms with Gasteiger partial charge in [0.1, 0.15) is 0 Å². The maximum atomic E-state index is 4.93. The molecule has 7 unspecified atom stereocenters. The molecule has 0 aliphatic heterocycles. The Morgan fingerprint density at radius 2 is 1.40 bits per heavy atom. The molecule has 0 radical (unpaired) electrons. The monoisotopic (exact) mass is 526 g/mol. The molecule has 0 nitrogen and oxygen atoms in total. The average molecular weight is 529 g/mol. The summed E-state index contributed by atoms with van der Waals surface area (Å²) in [7, 11) is 9.87. The quantitative estimate of drug-likeness (QED) is 0.238. The Bertz CT molecular complexity index is 592. The van der Waals surface area contributed by atoms with E-state index in [1.54, 1.807) is 0 Å². The Hall–Kier alpha value is 0.163. The average Bonchev–Trinajstić information content (AvgIpc) is 3.30. The van der Waals surface area contributed by atoms with E-state index in [2.05, 4.69) is 61.3 Å². The molecule has 0 aromatic heterocycles. The van der Waals surface area contributed by atoms with E-state index in [-0.39, 0.29) is 22.3 Å². The second kappa shape index (κ2) is 15.9. The van der Waals surface area contributed by atoms with Crippen LogP contribution in [0.25, 0.3) is 0 Å². The van der Waals surface area contributed by atoms with E-state index < -0.39 is 20.8 Å². The van der Waals surface area contributed by atoms with Gasteiger partial charge in [-0.3, -0.25) is 0 Å². The zero-order valence-electron chi connectivity index (χ0n) is 18.2. The van der Waals surface area contributed by atoms with E-state index in [9.17, 15) is 0 Å². The van der Waals surface area contributed by atoms with Gasteiger partial charge in [0.15, 0.2) is 0 Å². The third-order valence-electron chi connectivity index (χ3n) is 7.29. The topological polar surface area (TPSA) is 0 Å². The van der Waals surface area contributed by atoms with Crippen LogP contribution >= 0.6 is 17.0 Å². The first-order chi connectivity index (χ1) is 13.3. The van der Waals surface area contributed by atoms with E-state index in [4.69, 9.17) is 17.0 Å². The summed E-state index contributed by atoms with van der Waals surface area (Å²) in [4.78, 5) is 0. The molecule has 3 heteroatoms. The molecule has 2 saturated carbocycles. The molecule has 0 saturated heterocycles. The van der Waals surface area contributed by atoms with E-state index in [1.165, 1.54) is 44.9 Å². The number of halogens is 2. The molecule has 0 bridgehead atoms. The molecule has 0 aromatic rings. The first-order valence-corrected chi connectivity index (χ1v) is 16.9. The normalized spacial score (nSPS) is 32.7. The number of fused-ring (bicyclic) bond motifs is 2. The van der Waals surface area contributed by atoms with E-state index >= 15 is 0 Å². The second-order valence-electron chi connectivity index (χ2n) is 8.53. The molecule has 0 heterocycles. The number of hydrogen-bond acceptors (Lipinski definition) is 0. The molecular weight excluding hydrogens is 486 g/mol. The summed E-state index contributed by atoms with van der Waals surface area (Å²) in [6, 6.07) is 0. The minimum atomic E-state index is -0.826. The third kappa shape index (κ3) is 7.64. The van der Waals surface area contributed by atoms with Crippen LogP contribution < -0.4 is 0 Å². The molecule has 30 heavy (non-hydrogen) atoms. The van der Waals surface area contributed by atoms with Gasteiger partial charge in [0, 0.05) is 0 Å². The Balaban J connectivity index is 0.00000133. The van der Waals surface area contributed by atoms with Crippen LogP contribution in [0.2, 0.25) is 0 Å². The van der Waals surface area contributed by atoms with Gasteiger partial charge in [-0.1, -0.05) is 62.1 Å². The molecule has 2 fully saturated rings. The van der Waals surface area contributed by atoms with Gasteiger partial charge in [-0.2, -0.15) is 0 Å². The second-order valence-corrected chi connectivity index (χ2v) is 12.3. The molecule has 4 rings (SSSR count). The fourth-order valence-electron chi connectivity index (χ4n) is 6.11. The fourth-order valence-corrected chi connectivity index (χ4v) is 6.11. The van der Waals surface area contributed by atoms with Crippen LogP contribution in [0.1, 0.15) is 52.4 Å². The number of allylic oxidation sites excluding steroid dienone is 9. The van der Waals surface area contributed by atoms with Crippen molar-refractivity contribution in [3.05, 3.63) is 76.1 Å². The molecule has 7 atom stereocenters. The van der Waals surface area contributed by atoms with Gasteiger partial charge in [-0.05, 0) is 86.4 Å². The molecule has 0 spiro atoms. The molecular formula is C27H42Cl2Zr. The van der Waals surface area contributed by atoms with Gasteiger partial charge < -0.3 is 14.9 Å². The summed E-state index contributed by atoms with van der Waals surface area (Å²) in [6.45, 7) is 3.99. The van der Waals surface area contributed by atoms with Crippen LogP contribution in [0.4, 0.5) is 0 Å². The maximum absolute atomic E-state index is 4.93. The van der Waals surface area contributed by atoms with Gasteiger partial charge in [-0.15, -0.1) is 6.58 Å². The van der Waals surface area contributed by atoms with E-state index in [0.29, 0.717) is 0 Å². The van der Waals surface area contributed by atoms with Gasteiger partial charge in [0.05, 0.1) is 0 Å². The minimum absolute atomic E-state index is 0. The Morgan fingerprint density at radius 1 is 0.867 bits per heavy atom. The number of hydrogen-bond donors (Lipinski definition) is 0. The Labute approximate surface area is 206 Å². The molecule has 0 N–H and O–H groups in total. The van der Waals surface area contributed by atoms with Gasteiger partial charge in [0.2, 0.25) is 0 Å². The first kappa shape index (κ1) is 30.2. The van der Waals surface area contributed by atoms with Crippen LogP contribution in [0.5, 0.6) is 0 Å². The van der Waals surface area contributed by atoms with Crippen LogP contribution in [0.15, 0.2) is 61.3 Å². The van der Waals surface area contributed by atoms with Gasteiger partial charge in [0.25, 0.3) is 0 Å². The van der Waals surface area contributed by atoms with Crippen molar-refractivity contribution in [2.75, 3.05) is 0 Å². The van der Waals surface area contributed by atoms with Crippen molar-refractivity contribution in [1.29, 1.82) is 0 Å². The van der Waals surface area contributed by atoms with Crippen molar-refractivity contribution in [1.82, 2.24) is 0 Å². The van der Waals surface area contributed by atoms with Crippen LogP contribution in [0, 0.1) is 56.3 Å². The van der Waals surface area contributed by atoms with E-state index in [0.717, 1.165) is 41.4 Å². The third-order valence-corrected chi connectivity index (χ3v) is 7.29. The molecule has 0 aromatic carbocycles. The van der Waals surface area contributed by atoms with Crippen molar-refractivity contribution in [3.8, 4) is 0 Å². The number of rotatable bonds is 6. The van der Waals surface area contributed by atoms with Crippen molar-refractivity contribution in [2.24, 2.45) is 41.4 Å². The summed E-state index contributed by atoms with van der Waals surface area (Å²) in [5, 5.41) is 0. The summed E-state index contributed by atoms with van der Waals surface area (Å²) in [5.41, 5.74) is 0. The summed E-state index contributed by atoms with van der Waals surface area (Å²) < 4.78 is 0. The summed E-state index contributed by atoms with van der Waals surface area (Å²) >= 11 is -0.826. The SMILES string of the molecule is C.C=CCCC(CC1CCC2C=CC=CC21)C1CCC2C=CC=CC21.[CH3-].[CH3-].[Cl][Zr+2][Cl]. The van der Waals surface area contributed by atoms with Crippen LogP contribution in [-0.2, 0) is 20.8 Å². The standard InChI is InChI=1S/C24H32.CH4.2CH3.2ClH.Zr/c1-2-3-8-20(24-16-15-19-10-5-7-12-23(19)24)17-21-14-13-18-9-4-6-11-22(18)21;;;;;;/h2,4-7,9-12,18-24H,1,3,8,13-17H2;1H4;2*1H3;2*1H;/q;;2*-1;;;+4/p-2. The zero-order valence-corrected chi connectivity index (χ0v) is 22.1. The van der Waals surface area contributed by atoms with Gasteiger partial charge in [-0.25, -0.2) is 0 Å². The molecule has 168 valence electrons. The van der Waals surface area contributed by atoms with Crippen LogP contribution in [-0.4, -0.2) is 0 Å². The Morgan fingerprint density at radius 3 is 2.03 bits per heavy atom. The predicted octanol–water partition coefficient (Wildman–Crippen LogP) is 9.41. The van der Waals surface area contributed by atoms with Gasteiger partial charge >= 0.3 is 37.9 Å². The molecule has 0 amide bonds.